The Bertz CT molecular complexity index is 825. The van der Waals surface area contributed by atoms with Crippen molar-refractivity contribution in [3.8, 4) is 11.5 Å². The van der Waals surface area contributed by atoms with Gasteiger partial charge in [-0.05, 0) is 18.6 Å². The summed E-state index contributed by atoms with van der Waals surface area (Å²) in [5.41, 5.74) is 2.81. The van der Waals surface area contributed by atoms with Crippen molar-refractivity contribution in [2.75, 3.05) is 7.05 Å². The first-order chi connectivity index (χ1) is 12.3. The molecular formula is C18H21N5OS. The standard InChI is InChI=1S/C18H21N5OS/c1-3-16-22-15(12-25-16)10-21-18(19-2)20-9-14-11-24-17(23-14)13-7-5-4-6-8-13/h4-8,11-12H,3,9-10H2,1-2H3,(H2,19,20,21). The number of aliphatic imine (C=N–C) groups is 1. The molecule has 0 saturated carbocycles. The Kier molecular flexibility index (Phi) is 5.79. The van der Waals surface area contributed by atoms with Crippen molar-refractivity contribution in [3.63, 3.8) is 0 Å². The smallest absolute Gasteiger partial charge is 0.226 e. The molecule has 3 rings (SSSR count). The number of thiazole rings is 1. The predicted octanol–water partition coefficient (Wildman–Crippen LogP) is 3.23. The van der Waals surface area contributed by atoms with Gasteiger partial charge in [-0.25, -0.2) is 9.97 Å². The van der Waals surface area contributed by atoms with Gasteiger partial charge in [-0.15, -0.1) is 11.3 Å². The van der Waals surface area contributed by atoms with Crippen LogP contribution in [-0.2, 0) is 19.5 Å². The van der Waals surface area contributed by atoms with Gasteiger partial charge in [0.15, 0.2) is 5.96 Å². The van der Waals surface area contributed by atoms with Gasteiger partial charge in [0.1, 0.15) is 6.26 Å². The Labute approximate surface area is 151 Å². The molecule has 0 fully saturated rings. The first-order valence-electron chi connectivity index (χ1n) is 8.16. The molecular weight excluding hydrogens is 334 g/mol. The summed E-state index contributed by atoms with van der Waals surface area (Å²) in [4.78, 5) is 13.3. The van der Waals surface area contributed by atoms with E-state index in [1.165, 1.54) is 0 Å². The number of oxazole rings is 1. The first kappa shape index (κ1) is 17.2. The molecule has 25 heavy (non-hydrogen) atoms. The number of guanidine groups is 1. The normalized spacial score (nSPS) is 11.5. The lowest BCUT2D eigenvalue weighted by Gasteiger charge is -2.09. The number of rotatable bonds is 6. The predicted molar refractivity (Wildman–Crippen MR) is 100 cm³/mol. The lowest BCUT2D eigenvalue weighted by molar-refractivity contribution is 0.572. The van der Waals surface area contributed by atoms with E-state index in [1.807, 2.05) is 30.3 Å². The van der Waals surface area contributed by atoms with Crippen molar-refractivity contribution < 1.29 is 4.42 Å². The van der Waals surface area contributed by atoms with E-state index in [-0.39, 0.29) is 0 Å². The highest BCUT2D eigenvalue weighted by atomic mass is 32.1. The minimum absolute atomic E-state index is 0.535. The highest BCUT2D eigenvalue weighted by molar-refractivity contribution is 7.09. The Morgan fingerprint density at radius 3 is 2.56 bits per heavy atom. The second kappa shape index (κ2) is 8.43. The van der Waals surface area contributed by atoms with E-state index < -0.39 is 0 Å². The molecule has 0 radical (unpaired) electrons. The molecule has 0 aliphatic carbocycles. The van der Waals surface area contributed by atoms with Crippen LogP contribution >= 0.6 is 11.3 Å². The number of hydrogen-bond acceptors (Lipinski definition) is 5. The van der Waals surface area contributed by atoms with Crippen LogP contribution in [0.25, 0.3) is 11.5 Å². The molecule has 0 aliphatic heterocycles. The van der Waals surface area contributed by atoms with Gasteiger partial charge in [0.25, 0.3) is 0 Å². The topological polar surface area (TPSA) is 75.3 Å². The average Bonchev–Trinajstić information content (AvgIpc) is 3.32. The molecule has 2 N–H and O–H groups in total. The third kappa shape index (κ3) is 4.67. The largest absolute Gasteiger partial charge is 0.444 e. The maximum Gasteiger partial charge on any atom is 0.226 e. The van der Waals surface area contributed by atoms with Crippen molar-refractivity contribution in [1.29, 1.82) is 0 Å². The molecule has 0 saturated heterocycles. The van der Waals surface area contributed by atoms with Gasteiger partial charge in [0, 0.05) is 18.0 Å². The first-order valence-corrected chi connectivity index (χ1v) is 9.04. The van der Waals surface area contributed by atoms with E-state index in [9.17, 15) is 0 Å². The summed E-state index contributed by atoms with van der Waals surface area (Å²) in [5.74, 6) is 1.32. The fraction of sp³-hybridized carbons (Fsp3) is 0.278. The van der Waals surface area contributed by atoms with Crippen LogP contribution in [0.5, 0.6) is 0 Å². The van der Waals surface area contributed by atoms with Crippen LogP contribution in [0.1, 0.15) is 23.3 Å². The Morgan fingerprint density at radius 2 is 1.88 bits per heavy atom. The maximum atomic E-state index is 5.54. The molecule has 1 aromatic carbocycles. The summed E-state index contributed by atoms with van der Waals surface area (Å²) in [6, 6.07) is 9.84. The van der Waals surface area contributed by atoms with Crippen LogP contribution in [-0.4, -0.2) is 23.0 Å². The molecule has 2 aromatic heterocycles. The van der Waals surface area contributed by atoms with E-state index in [2.05, 4.69) is 37.9 Å². The molecule has 0 atom stereocenters. The third-order valence-electron chi connectivity index (χ3n) is 3.57. The molecule has 0 aliphatic rings. The molecule has 6 nitrogen and oxygen atoms in total. The highest BCUT2D eigenvalue weighted by Gasteiger charge is 2.07. The second-order valence-corrected chi connectivity index (χ2v) is 6.32. The quantitative estimate of drug-likeness (QED) is 0.524. The molecule has 0 bridgehead atoms. The number of nitrogens with one attached hydrogen (secondary N) is 2. The van der Waals surface area contributed by atoms with Crippen LogP contribution in [0, 0.1) is 0 Å². The molecule has 2 heterocycles. The van der Waals surface area contributed by atoms with E-state index in [0.29, 0.717) is 24.9 Å². The Balaban J connectivity index is 1.52. The van der Waals surface area contributed by atoms with Gasteiger partial charge in [0.05, 0.1) is 29.5 Å². The van der Waals surface area contributed by atoms with E-state index in [0.717, 1.165) is 28.4 Å². The van der Waals surface area contributed by atoms with Crippen LogP contribution in [0.2, 0.25) is 0 Å². The molecule has 130 valence electrons. The van der Waals surface area contributed by atoms with E-state index in [1.54, 1.807) is 24.6 Å². The van der Waals surface area contributed by atoms with Gasteiger partial charge in [-0.2, -0.15) is 0 Å². The van der Waals surface area contributed by atoms with Crippen molar-refractivity contribution in [1.82, 2.24) is 20.6 Å². The van der Waals surface area contributed by atoms with Gasteiger partial charge in [-0.3, -0.25) is 4.99 Å². The summed E-state index contributed by atoms with van der Waals surface area (Å²) in [5, 5.41) is 9.71. The molecule has 7 heteroatoms. The lowest BCUT2D eigenvalue weighted by atomic mass is 10.2. The van der Waals surface area contributed by atoms with Crippen molar-refractivity contribution in [3.05, 3.63) is 58.4 Å². The van der Waals surface area contributed by atoms with Gasteiger partial charge in [0.2, 0.25) is 5.89 Å². The molecule has 0 spiro atoms. The SMILES string of the molecule is CCc1nc(CNC(=NC)NCc2coc(-c3ccccc3)n2)cs1. The van der Waals surface area contributed by atoms with Crippen LogP contribution in [0.15, 0.2) is 51.4 Å². The Morgan fingerprint density at radius 1 is 1.12 bits per heavy atom. The number of aromatic nitrogens is 2. The van der Waals surface area contributed by atoms with Crippen LogP contribution in [0.4, 0.5) is 0 Å². The van der Waals surface area contributed by atoms with Crippen LogP contribution < -0.4 is 10.6 Å². The van der Waals surface area contributed by atoms with Crippen LogP contribution in [0.3, 0.4) is 0 Å². The zero-order chi connectivity index (χ0) is 17.5. The highest BCUT2D eigenvalue weighted by Crippen LogP contribution is 2.17. The summed E-state index contributed by atoms with van der Waals surface area (Å²) in [7, 11) is 1.74. The van der Waals surface area contributed by atoms with Crippen molar-refractivity contribution in [2.45, 2.75) is 26.4 Å². The monoisotopic (exact) mass is 355 g/mol. The fourth-order valence-corrected chi connectivity index (χ4v) is 3.01. The fourth-order valence-electron chi connectivity index (χ4n) is 2.26. The number of benzene rings is 1. The Hall–Kier alpha value is -2.67. The average molecular weight is 355 g/mol. The lowest BCUT2D eigenvalue weighted by Crippen LogP contribution is -2.36. The van der Waals surface area contributed by atoms with Gasteiger partial charge in [-0.1, -0.05) is 25.1 Å². The summed E-state index contributed by atoms with van der Waals surface area (Å²) >= 11 is 1.69. The van der Waals surface area contributed by atoms with Gasteiger partial charge >= 0.3 is 0 Å². The van der Waals surface area contributed by atoms with E-state index in [4.69, 9.17) is 4.42 Å². The zero-order valence-corrected chi connectivity index (χ0v) is 15.1. The minimum Gasteiger partial charge on any atom is -0.444 e. The molecule has 3 aromatic rings. The number of nitrogens with zero attached hydrogens (tertiary/aromatic N) is 3. The third-order valence-corrected chi connectivity index (χ3v) is 4.61. The number of hydrogen-bond donors (Lipinski definition) is 2. The zero-order valence-electron chi connectivity index (χ0n) is 14.3. The van der Waals surface area contributed by atoms with Crippen molar-refractivity contribution >= 4 is 17.3 Å². The molecule has 0 amide bonds. The summed E-state index contributed by atoms with van der Waals surface area (Å²) in [6.45, 7) is 3.29. The minimum atomic E-state index is 0.535. The summed E-state index contributed by atoms with van der Waals surface area (Å²) < 4.78 is 5.54. The van der Waals surface area contributed by atoms with Gasteiger partial charge < -0.3 is 15.1 Å². The number of aryl methyl sites for hydroxylation is 1. The van der Waals surface area contributed by atoms with E-state index >= 15 is 0 Å². The molecule has 0 unspecified atom stereocenters. The second-order valence-electron chi connectivity index (χ2n) is 5.38. The summed E-state index contributed by atoms with van der Waals surface area (Å²) in [6.07, 6.45) is 2.63. The van der Waals surface area contributed by atoms with Crippen molar-refractivity contribution in [2.24, 2.45) is 4.99 Å². The maximum absolute atomic E-state index is 5.54.